The van der Waals surface area contributed by atoms with Crippen molar-refractivity contribution in [3.8, 4) is 11.1 Å². The molecule has 1 aliphatic heterocycles. The van der Waals surface area contributed by atoms with Crippen molar-refractivity contribution in [2.75, 3.05) is 4.90 Å². The highest BCUT2D eigenvalue weighted by Crippen LogP contribution is 2.60. The third-order valence-corrected chi connectivity index (χ3v) is 13.6. The first-order valence-electron chi connectivity index (χ1n) is 22.9. The van der Waals surface area contributed by atoms with Gasteiger partial charge in [-0.3, -0.25) is 5.41 Å². The molecule has 10 aromatic rings. The van der Waals surface area contributed by atoms with Crippen molar-refractivity contribution in [1.29, 1.82) is 5.41 Å². The van der Waals surface area contributed by atoms with Crippen LogP contribution in [-0.2, 0) is 5.41 Å². The van der Waals surface area contributed by atoms with E-state index in [2.05, 4.69) is 235 Å². The Balaban J connectivity index is 1.20. The minimum absolute atomic E-state index is 0.446. The van der Waals surface area contributed by atoms with E-state index < -0.39 is 5.41 Å². The van der Waals surface area contributed by atoms with Gasteiger partial charge in [-0.25, -0.2) is 0 Å². The van der Waals surface area contributed by atoms with Crippen LogP contribution in [0.4, 0.5) is 17.1 Å². The van der Waals surface area contributed by atoms with E-state index in [1.54, 1.807) is 0 Å². The number of hydrogen-bond acceptors (Lipinski definition) is 3. The summed E-state index contributed by atoms with van der Waals surface area (Å²) in [6, 6.07) is 91.0. The van der Waals surface area contributed by atoms with E-state index in [9.17, 15) is 5.41 Å². The average Bonchev–Trinajstić information content (AvgIpc) is 3.72. The van der Waals surface area contributed by atoms with Crippen molar-refractivity contribution in [3.63, 3.8) is 0 Å². The van der Waals surface area contributed by atoms with E-state index in [1.807, 2.05) is 36.4 Å². The Labute approximate surface area is 391 Å². The molecule has 0 spiro atoms. The second-order valence-electron chi connectivity index (χ2n) is 17.2. The molecule has 0 atom stereocenters. The second-order valence-corrected chi connectivity index (χ2v) is 17.2. The molecular formula is C64H45N3. The molecule has 0 aromatic heterocycles. The number of rotatable bonds is 9. The van der Waals surface area contributed by atoms with Crippen LogP contribution >= 0.6 is 0 Å². The summed E-state index contributed by atoms with van der Waals surface area (Å²) in [4.78, 5) is 2.51. The fourth-order valence-electron chi connectivity index (χ4n) is 10.7. The van der Waals surface area contributed by atoms with E-state index in [4.69, 9.17) is 0 Å². The SMILES string of the molecule is N=C(/C(=C1\NC(c2ccccc2)=Cc2c1cccc2N(c1cccc2c1-c1ccccc1C2(c1ccccc1)c1ccccc1)c1cccc2ccccc12)c1ccccc1)c1ccccc1. The number of hydrogen-bond donors (Lipinski definition) is 2. The van der Waals surface area contributed by atoms with Crippen molar-refractivity contribution >= 4 is 56.6 Å². The molecule has 2 N–H and O–H groups in total. The predicted octanol–water partition coefficient (Wildman–Crippen LogP) is 15.7. The molecule has 0 amide bonds. The molecule has 12 rings (SSSR count). The zero-order valence-corrected chi connectivity index (χ0v) is 36.8. The Kier molecular flexibility index (Phi) is 9.88. The fraction of sp³-hybridized carbons (Fsp3) is 0.0156. The quantitative estimate of drug-likeness (QED) is 0.142. The molecule has 316 valence electrons. The van der Waals surface area contributed by atoms with E-state index in [0.29, 0.717) is 5.71 Å². The summed E-state index contributed by atoms with van der Waals surface area (Å²) in [5, 5.41) is 16.2. The van der Waals surface area contributed by atoms with Crippen LogP contribution in [0.1, 0.15) is 50.1 Å². The van der Waals surface area contributed by atoms with Crippen LogP contribution in [0.15, 0.2) is 255 Å². The lowest BCUT2D eigenvalue weighted by atomic mass is 9.68. The number of benzene rings is 10. The Morgan fingerprint density at radius 3 is 1.64 bits per heavy atom. The van der Waals surface area contributed by atoms with Gasteiger partial charge in [0, 0.05) is 38.9 Å². The maximum Gasteiger partial charge on any atom is 0.0714 e. The first-order valence-corrected chi connectivity index (χ1v) is 22.9. The third kappa shape index (κ3) is 6.55. The number of allylic oxidation sites excluding steroid dienone is 1. The largest absolute Gasteiger partial charge is 0.354 e. The van der Waals surface area contributed by atoms with Crippen molar-refractivity contribution in [1.82, 2.24) is 5.32 Å². The molecule has 0 fully saturated rings. The molecule has 0 radical (unpaired) electrons. The van der Waals surface area contributed by atoms with Gasteiger partial charge < -0.3 is 10.2 Å². The Morgan fingerprint density at radius 1 is 0.418 bits per heavy atom. The minimum atomic E-state index is -0.576. The molecule has 67 heavy (non-hydrogen) atoms. The first kappa shape index (κ1) is 39.8. The van der Waals surface area contributed by atoms with E-state index in [-0.39, 0.29) is 0 Å². The van der Waals surface area contributed by atoms with Gasteiger partial charge in [-0.2, -0.15) is 0 Å². The van der Waals surface area contributed by atoms with Crippen LogP contribution in [-0.4, -0.2) is 5.71 Å². The van der Waals surface area contributed by atoms with Gasteiger partial charge >= 0.3 is 0 Å². The van der Waals surface area contributed by atoms with Crippen LogP contribution < -0.4 is 10.2 Å². The van der Waals surface area contributed by atoms with E-state index >= 15 is 0 Å². The fourth-order valence-corrected chi connectivity index (χ4v) is 10.7. The number of anilines is 3. The summed E-state index contributed by atoms with van der Waals surface area (Å²) in [5.41, 5.74) is 18.0. The Hall–Kier alpha value is -8.79. The molecule has 0 saturated heterocycles. The van der Waals surface area contributed by atoms with E-state index in [1.165, 1.54) is 33.4 Å². The summed E-state index contributed by atoms with van der Waals surface area (Å²) in [7, 11) is 0. The molecule has 3 nitrogen and oxygen atoms in total. The van der Waals surface area contributed by atoms with Crippen LogP contribution in [0.2, 0.25) is 0 Å². The lowest BCUT2D eigenvalue weighted by molar-refractivity contribution is 0.768. The average molecular weight is 856 g/mol. The summed E-state index contributed by atoms with van der Waals surface area (Å²) in [6.45, 7) is 0. The van der Waals surface area contributed by atoms with Crippen molar-refractivity contribution in [3.05, 3.63) is 305 Å². The number of nitrogens with one attached hydrogen (secondary N) is 2. The predicted molar refractivity (Wildman–Crippen MR) is 280 cm³/mol. The van der Waals surface area contributed by atoms with Crippen LogP contribution in [0.25, 0.3) is 44.9 Å². The molecular weight excluding hydrogens is 811 g/mol. The lowest BCUT2D eigenvalue weighted by Gasteiger charge is -2.35. The summed E-state index contributed by atoms with van der Waals surface area (Å²) in [6.07, 6.45) is 2.31. The normalized spacial score (nSPS) is 13.9. The van der Waals surface area contributed by atoms with Gasteiger partial charge in [0.2, 0.25) is 0 Å². The zero-order chi connectivity index (χ0) is 44.7. The topological polar surface area (TPSA) is 39.1 Å². The highest BCUT2D eigenvalue weighted by atomic mass is 15.2. The second kappa shape index (κ2) is 16.6. The minimum Gasteiger partial charge on any atom is -0.354 e. The Bertz CT molecular complexity index is 3490. The first-order chi connectivity index (χ1) is 33.2. The van der Waals surface area contributed by atoms with Crippen LogP contribution in [0.5, 0.6) is 0 Å². The van der Waals surface area contributed by atoms with Crippen LogP contribution in [0.3, 0.4) is 0 Å². The molecule has 3 heteroatoms. The van der Waals surface area contributed by atoms with Gasteiger partial charge in [-0.1, -0.05) is 237 Å². The summed E-state index contributed by atoms with van der Waals surface area (Å²) >= 11 is 0. The van der Waals surface area contributed by atoms with Crippen molar-refractivity contribution in [2.45, 2.75) is 5.41 Å². The maximum absolute atomic E-state index is 9.97. The molecule has 0 unspecified atom stereocenters. The van der Waals surface area contributed by atoms with Gasteiger partial charge in [-0.15, -0.1) is 0 Å². The third-order valence-electron chi connectivity index (χ3n) is 13.6. The molecule has 10 aromatic carbocycles. The van der Waals surface area contributed by atoms with Crippen LogP contribution in [0, 0.1) is 5.41 Å². The van der Waals surface area contributed by atoms with Crippen molar-refractivity contribution < 1.29 is 0 Å². The number of fused-ring (bicyclic) bond motifs is 5. The molecule has 0 saturated carbocycles. The highest BCUT2D eigenvalue weighted by Gasteiger charge is 2.47. The molecule has 0 bridgehead atoms. The van der Waals surface area contributed by atoms with Crippen molar-refractivity contribution in [2.24, 2.45) is 0 Å². The van der Waals surface area contributed by atoms with E-state index in [0.717, 1.165) is 72.6 Å². The van der Waals surface area contributed by atoms with Gasteiger partial charge in [0.25, 0.3) is 0 Å². The van der Waals surface area contributed by atoms with Gasteiger partial charge in [-0.05, 0) is 68.6 Å². The monoisotopic (exact) mass is 855 g/mol. The van der Waals surface area contributed by atoms with Gasteiger partial charge in [0.1, 0.15) is 0 Å². The maximum atomic E-state index is 9.97. The molecule has 2 aliphatic rings. The zero-order valence-electron chi connectivity index (χ0n) is 36.8. The smallest absolute Gasteiger partial charge is 0.0714 e. The summed E-state index contributed by atoms with van der Waals surface area (Å²) in [5.74, 6) is 0. The molecule has 1 aliphatic carbocycles. The van der Waals surface area contributed by atoms with Gasteiger partial charge in [0.05, 0.1) is 33.9 Å². The standard InChI is InChI=1S/C64H45N3/c65-62(47-28-10-3-11-29-47)60(46-26-8-2-9-27-46)63-51-37-21-41-58(53(51)43-56(66-63)45-24-6-1-7-25-45)67(57-40-20-30-44-23-16-17-35-50(44)57)59-42-22-39-55-61(59)52-36-18-19-38-54(52)64(55,48-31-12-4-13-32-48)49-33-14-5-15-34-49/h1-43,65-66H/b63-60-,65-62?. The van der Waals surface area contributed by atoms with Gasteiger partial charge in [0.15, 0.2) is 0 Å². The lowest BCUT2D eigenvalue weighted by Crippen LogP contribution is -2.28. The number of nitrogens with zero attached hydrogens (tertiary/aromatic N) is 1. The Morgan fingerprint density at radius 2 is 0.925 bits per heavy atom. The molecule has 1 heterocycles. The highest BCUT2D eigenvalue weighted by molar-refractivity contribution is 6.36. The summed E-state index contributed by atoms with van der Waals surface area (Å²) < 4.78 is 0.